The molecule has 0 aromatic carbocycles. The lowest BCUT2D eigenvalue weighted by Crippen LogP contribution is -2.29. The Morgan fingerprint density at radius 3 is 2.70 bits per heavy atom. The van der Waals surface area contributed by atoms with Crippen molar-refractivity contribution in [3.63, 3.8) is 0 Å². The minimum absolute atomic E-state index is 0.0113. The number of β-amino-alcohol motifs (C(OH)–C–C–N with tert-alkyl or cyclic N) is 2. The maximum absolute atomic E-state index is 12.2. The summed E-state index contributed by atoms with van der Waals surface area (Å²) in [4.78, 5) is 17.5. The first-order valence-electron chi connectivity index (χ1n) is 6.32. The lowest BCUT2D eigenvalue weighted by atomic mass is 10.2. The van der Waals surface area contributed by atoms with Crippen LogP contribution in [0.25, 0.3) is 0 Å². The van der Waals surface area contributed by atoms with Gasteiger partial charge in [-0.25, -0.2) is 0 Å². The van der Waals surface area contributed by atoms with Crippen molar-refractivity contribution in [3.05, 3.63) is 29.6 Å². The van der Waals surface area contributed by atoms with Crippen LogP contribution in [0.2, 0.25) is 0 Å². The lowest BCUT2D eigenvalue weighted by molar-refractivity contribution is 0.0572. The number of rotatable bonds is 2. The number of likely N-dealkylation sites (tertiary alicyclic amines) is 1. The quantitative estimate of drug-likeness (QED) is 0.602. The summed E-state index contributed by atoms with van der Waals surface area (Å²) in [6.45, 7) is 0.212. The molecular weight excluding hydrogens is 260 g/mol. The molecule has 6 nitrogen and oxygen atoms in total. The van der Waals surface area contributed by atoms with Gasteiger partial charge in [0.15, 0.2) is 0 Å². The van der Waals surface area contributed by atoms with Gasteiger partial charge < -0.3 is 20.2 Å². The molecule has 1 aliphatic heterocycles. The van der Waals surface area contributed by atoms with Gasteiger partial charge in [0.05, 0.1) is 24.4 Å². The van der Waals surface area contributed by atoms with E-state index in [0.717, 1.165) is 0 Å². The third-order valence-corrected chi connectivity index (χ3v) is 3.00. The summed E-state index contributed by atoms with van der Waals surface area (Å²) in [7, 11) is 0. The molecule has 2 heterocycles. The van der Waals surface area contributed by atoms with Crippen molar-refractivity contribution in [3.8, 4) is 11.8 Å². The van der Waals surface area contributed by atoms with Crippen LogP contribution in [-0.2, 0) is 0 Å². The molecule has 2 unspecified atom stereocenters. The molecule has 1 aromatic rings. The van der Waals surface area contributed by atoms with Crippen LogP contribution in [0.15, 0.2) is 18.5 Å². The predicted molar refractivity (Wildman–Crippen MR) is 70.7 cm³/mol. The van der Waals surface area contributed by atoms with Gasteiger partial charge in [0.2, 0.25) is 0 Å². The van der Waals surface area contributed by atoms with E-state index in [-0.39, 0.29) is 25.6 Å². The standard InChI is InChI=1S/C14H16N2O4/c17-4-2-1-3-10-5-11(7-15-6-10)14(20)16-8-12(18)13(19)9-16/h5-7,12-13,17-19H,2,4,8-9H2. The molecule has 0 bridgehead atoms. The number of hydrogen-bond acceptors (Lipinski definition) is 5. The molecular formula is C14H16N2O4. The van der Waals surface area contributed by atoms with Crippen molar-refractivity contribution < 1.29 is 20.1 Å². The molecule has 0 spiro atoms. The highest BCUT2D eigenvalue weighted by Gasteiger charge is 2.33. The molecule has 2 atom stereocenters. The van der Waals surface area contributed by atoms with Crippen LogP contribution in [-0.4, -0.2) is 63.0 Å². The Hall–Kier alpha value is -1.94. The van der Waals surface area contributed by atoms with E-state index in [1.54, 1.807) is 6.07 Å². The van der Waals surface area contributed by atoms with Gasteiger partial charge in [-0.2, -0.15) is 0 Å². The average Bonchev–Trinajstić information content (AvgIpc) is 2.78. The largest absolute Gasteiger partial charge is 0.395 e. The van der Waals surface area contributed by atoms with Gasteiger partial charge in [-0.1, -0.05) is 11.8 Å². The second kappa shape index (κ2) is 6.48. The van der Waals surface area contributed by atoms with E-state index in [0.29, 0.717) is 17.5 Å². The van der Waals surface area contributed by atoms with E-state index in [1.165, 1.54) is 17.3 Å². The Labute approximate surface area is 116 Å². The molecule has 1 aromatic heterocycles. The van der Waals surface area contributed by atoms with Gasteiger partial charge in [-0.3, -0.25) is 9.78 Å². The van der Waals surface area contributed by atoms with Crippen molar-refractivity contribution in [2.75, 3.05) is 19.7 Å². The summed E-state index contributed by atoms with van der Waals surface area (Å²) in [5.74, 6) is 5.27. The third-order valence-electron chi connectivity index (χ3n) is 3.00. The summed E-state index contributed by atoms with van der Waals surface area (Å²) >= 11 is 0. The predicted octanol–water partition coefficient (Wildman–Crippen LogP) is -1.01. The monoisotopic (exact) mass is 276 g/mol. The van der Waals surface area contributed by atoms with E-state index >= 15 is 0 Å². The summed E-state index contributed by atoms with van der Waals surface area (Å²) in [6, 6.07) is 1.61. The maximum atomic E-state index is 12.2. The van der Waals surface area contributed by atoms with E-state index in [1.807, 2.05) is 0 Å². The molecule has 1 amide bonds. The highest BCUT2D eigenvalue weighted by atomic mass is 16.3. The first-order chi connectivity index (χ1) is 9.61. The number of nitrogens with zero attached hydrogens (tertiary/aromatic N) is 2. The normalized spacial score (nSPS) is 21.4. The molecule has 1 saturated heterocycles. The van der Waals surface area contributed by atoms with Crippen LogP contribution < -0.4 is 0 Å². The van der Waals surface area contributed by atoms with E-state index in [9.17, 15) is 15.0 Å². The number of carbonyl (C=O) groups excluding carboxylic acids is 1. The summed E-state index contributed by atoms with van der Waals surface area (Å²) in [6.07, 6.45) is 1.52. The van der Waals surface area contributed by atoms with Crippen LogP contribution >= 0.6 is 0 Å². The SMILES string of the molecule is O=C(c1cncc(C#CCCO)c1)N1CC(O)C(O)C1. The molecule has 1 fully saturated rings. The first kappa shape index (κ1) is 14.5. The summed E-state index contributed by atoms with van der Waals surface area (Å²) in [5, 5.41) is 27.6. The second-order valence-electron chi connectivity index (χ2n) is 4.58. The van der Waals surface area contributed by atoms with Gasteiger partial charge in [0.1, 0.15) is 0 Å². The summed E-state index contributed by atoms with van der Waals surface area (Å²) < 4.78 is 0. The molecule has 0 radical (unpaired) electrons. The van der Waals surface area contributed by atoms with E-state index < -0.39 is 12.2 Å². The Morgan fingerprint density at radius 1 is 1.35 bits per heavy atom. The minimum Gasteiger partial charge on any atom is -0.395 e. The summed E-state index contributed by atoms with van der Waals surface area (Å²) in [5.41, 5.74) is 0.951. The Morgan fingerprint density at radius 2 is 2.05 bits per heavy atom. The van der Waals surface area contributed by atoms with Crippen LogP contribution in [0.4, 0.5) is 0 Å². The van der Waals surface area contributed by atoms with Gasteiger partial charge in [0, 0.05) is 37.5 Å². The molecule has 1 aliphatic rings. The minimum atomic E-state index is -0.903. The maximum Gasteiger partial charge on any atom is 0.255 e. The number of aliphatic hydroxyl groups is 3. The van der Waals surface area contributed by atoms with Gasteiger partial charge >= 0.3 is 0 Å². The zero-order valence-electron chi connectivity index (χ0n) is 10.9. The van der Waals surface area contributed by atoms with Crippen LogP contribution in [0.3, 0.4) is 0 Å². The molecule has 0 saturated carbocycles. The topological polar surface area (TPSA) is 93.9 Å². The third kappa shape index (κ3) is 3.33. The fourth-order valence-corrected chi connectivity index (χ4v) is 1.96. The van der Waals surface area contributed by atoms with Crippen LogP contribution in [0, 0.1) is 11.8 Å². The van der Waals surface area contributed by atoms with E-state index in [2.05, 4.69) is 16.8 Å². The average molecular weight is 276 g/mol. The lowest BCUT2D eigenvalue weighted by Gasteiger charge is -2.15. The number of aromatic nitrogens is 1. The molecule has 106 valence electrons. The smallest absolute Gasteiger partial charge is 0.255 e. The van der Waals surface area contributed by atoms with Crippen LogP contribution in [0.1, 0.15) is 22.3 Å². The fraction of sp³-hybridized carbons (Fsp3) is 0.429. The van der Waals surface area contributed by atoms with Crippen LogP contribution in [0.5, 0.6) is 0 Å². The van der Waals surface area contributed by atoms with E-state index in [4.69, 9.17) is 5.11 Å². The van der Waals surface area contributed by atoms with Gasteiger partial charge in [-0.05, 0) is 6.07 Å². The number of aliphatic hydroxyl groups excluding tert-OH is 3. The van der Waals surface area contributed by atoms with Crippen molar-refractivity contribution >= 4 is 5.91 Å². The number of amides is 1. The first-order valence-corrected chi connectivity index (χ1v) is 6.32. The molecule has 6 heteroatoms. The van der Waals surface area contributed by atoms with Crippen molar-refractivity contribution in [1.82, 2.24) is 9.88 Å². The highest BCUT2D eigenvalue weighted by Crippen LogP contribution is 2.14. The number of carbonyl (C=O) groups is 1. The molecule has 3 N–H and O–H groups in total. The number of hydrogen-bond donors (Lipinski definition) is 3. The number of pyridine rings is 1. The van der Waals surface area contributed by atoms with Crippen molar-refractivity contribution in [1.29, 1.82) is 0 Å². The Kier molecular flexibility index (Phi) is 4.69. The Bertz CT molecular complexity index is 540. The van der Waals surface area contributed by atoms with Gasteiger partial charge in [0.25, 0.3) is 5.91 Å². The fourth-order valence-electron chi connectivity index (χ4n) is 1.96. The van der Waals surface area contributed by atoms with Crippen molar-refractivity contribution in [2.24, 2.45) is 0 Å². The zero-order valence-corrected chi connectivity index (χ0v) is 10.9. The molecule has 2 rings (SSSR count). The Balaban J connectivity index is 2.11. The molecule has 20 heavy (non-hydrogen) atoms. The highest BCUT2D eigenvalue weighted by molar-refractivity contribution is 5.94. The van der Waals surface area contributed by atoms with Crippen molar-refractivity contribution in [2.45, 2.75) is 18.6 Å². The molecule has 0 aliphatic carbocycles. The second-order valence-corrected chi connectivity index (χ2v) is 4.58. The van der Waals surface area contributed by atoms with Gasteiger partial charge in [-0.15, -0.1) is 0 Å². The zero-order chi connectivity index (χ0) is 14.5.